The van der Waals surface area contributed by atoms with Crippen molar-refractivity contribution in [2.24, 2.45) is 7.05 Å². The maximum Gasteiger partial charge on any atom is 0.225 e. The molecule has 104 valence electrons. The molecule has 3 heterocycles. The number of hydrogen-bond donors (Lipinski definition) is 2. The Hall–Kier alpha value is -2.15. The molecule has 3 rings (SSSR count). The molecule has 7 heteroatoms. The average molecular weight is 288 g/mol. The first-order valence-electron chi connectivity index (χ1n) is 6.41. The summed E-state index contributed by atoms with van der Waals surface area (Å²) in [5.74, 6) is 2.57. The normalized spacial score (nSPS) is 10.9. The summed E-state index contributed by atoms with van der Waals surface area (Å²) < 4.78 is 2.03. The van der Waals surface area contributed by atoms with Crippen LogP contribution in [0.15, 0.2) is 23.8 Å². The van der Waals surface area contributed by atoms with Crippen LogP contribution in [0.5, 0.6) is 0 Å². The molecule has 0 aromatic carbocycles. The number of anilines is 2. The van der Waals surface area contributed by atoms with Gasteiger partial charge in [-0.2, -0.15) is 4.98 Å². The molecule has 3 aromatic rings. The highest BCUT2D eigenvalue weighted by molar-refractivity contribution is 7.16. The topological polar surface area (TPSA) is 67.7 Å². The third kappa shape index (κ3) is 2.44. The molecular weight excluding hydrogens is 272 g/mol. The third-order valence-corrected chi connectivity index (χ3v) is 3.92. The van der Waals surface area contributed by atoms with Crippen molar-refractivity contribution < 1.29 is 0 Å². The van der Waals surface area contributed by atoms with Crippen molar-refractivity contribution >= 4 is 33.3 Å². The molecule has 0 saturated carbocycles. The van der Waals surface area contributed by atoms with E-state index in [4.69, 9.17) is 0 Å². The lowest BCUT2D eigenvalue weighted by atomic mass is 10.3. The largest absolute Gasteiger partial charge is 0.369 e. The van der Waals surface area contributed by atoms with Crippen molar-refractivity contribution in [2.75, 3.05) is 24.2 Å². The Labute approximate surface area is 120 Å². The van der Waals surface area contributed by atoms with Crippen molar-refractivity contribution in [3.05, 3.63) is 29.7 Å². The second-order valence-corrected chi connectivity index (χ2v) is 5.31. The second-order valence-electron chi connectivity index (χ2n) is 4.42. The molecule has 0 spiro atoms. The number of aryl methyl sites for hydroxylation is 1. The van der Waals surface area contributed by atoms with E-state index in [0.717, 1.165) is 34.8 Å². The van der Waals surface area contributed by atoms with Crippen molar-refractivity contribution in [1.82, 2.24) is 19.5 Å². The average Bonchev–Trinajstić information content (AvgIpc) is 3.07. The monoisotopic (exact) mass is 288 g/mol. The number of imidazole rings is 1. The number of fused-ring (bicyclic) bond motifs is 1. The van der Waals surface area contributed by atoms with E-state index in [1.165, 1.54) is 0 Å². The van der Waals surface area contributed by atoms with Gasteiger partial charge >= 0.3 is 0 Å². The molecule has 0 fully saturated rings. The van der Waals surface area contributed by atoms with Crippen LogP contribution in [0.4, 0.5) is 11.8 Å². The van der Waals surface area contributed by atoms with Crippen LogP contribution in [0.1, 0.15) is 5.82 Å². The predicted octanol–water partition coefficient (Wildman–Crippen LogP) is 2.12. The van der Waals surface area contributed by atoms with Gasteiger partial charge in [-0.3, -0.25) is 0 Å². The van der Waals surface area contributed by atoms with E-state index >= 15 is 0 Å². The Morgan fingerprint density at radius 3 is 3.00 bits per heavy atom. The van der Waals surface area contributed by atoms with Crippen LogP contribution < -0.4 is 10.6 Å². The van der Waals surface area contributed by atoms with Crippen LogP contribution >= 0.6 is 11.3 Å². The van der Waals surface area contributed by atoms with Gasteiger partial charge in [-0.15, -0.1) is 11.3 Å². The minimum atomic E-state index is 0.638. The minimum Gasteiger partial charge on any atom is -0.369 e. The van der Waals surface area contributed by atoms with Crippen molar-refractivity contribution in [3.8, 4) is 0 Å². The van der Waals surface area contributed by atoms with Crippen LogP contribution in [0, 0.1) is 0 Å². The fourth-order valence-corrected chi connectivity index (χ4v) is 2.80. The SMILES string of the molecule is CNc1nc(NCCc2nccn2C)c2ccsc2n1. The Bertz CT molecular complexity index is 717. The summed E-state index contributed by atoms with van der Waals surface area (Å²) >= 11 is 1.62. The molecule has 3 aromatic heterocycles. The fourth-order valence-electron chi connectivity index (χ4n) is 2.03. The van der Waals surface area contributed by atoms with Crippen molar-refractivity contribution in [3.63, 3.8) is 0 Å². The van der Waals surface area contributed by atoms with Gasteiger partial charge in [0.05, 0.1) is 5.39 Å². The van der Waals surface area contributed by atoms with Crippen molar-refractivity contribution in [2.45, 2.75) is 6.42 Å². The molecule has 0 amide bonds. The van der Waals surface area contributed by atoms with Gasteiger partial charge in [0, 0.05) is 39.5 Å². The standard InChI is InChI=1S/C13H16N6S/c1-14-13-17-11(9-4-8-20-12(9)18-13)16-5-3-10-15-6-7-19(10)2/h4,6-8H,3,5H2,1-2H3,(H2,14,16,17,18). The third-order valence-electron chi connectivity index (χ3n) is 3.11. The molecule has 0 bridgehead atoms. The molecular formula is C13H16N6S. The Kier molecular flexibility index (Phi) is 3.51. The zero-order valence-corrected chi connectivity index (χ0v) is 12.2. The molecule has 0 radical (unpaired) electrons. The minimum absolute atomic E-state index is 0.638. The smallest absolute Gasteiger partial charge is 0.225 e. The fraction of sp³-hybridized carbons (Fsp3) is 0.308. The van der Waals surface area contributed by atoms with Gasteiger partial charge in [0.2, 0.25) is 5.95 Å². The summed E-state index contributed by atoms with van der Waals surface area (Å²) in [6.07, 6.45) is 4.63. The maximum atomic E-state index is 4.48. The highest BCUT2D eigenvalue weighted by Crippen LogP contribution is 2.26. The van der Waals surface area contributed by atoms with Gasteiger partial charge in [-0.05, 0) is 11.4 Å². The number of aromatic nitrogens is 4. The lowest BCUT2D eigenvalue weighted by Gasteiger charge is -2.08. The van der Waals surface area contributed by atoms with Crippen LogP contribution in [0.25, 0.3) is 10.2 Å². The first-order chi connectivity index (χ1) is 9.78. The summed E-state index contributed by atoms with van der Waals surface area (Å²) in [5, 5.41) is 9.46. The molecule has 0 aliphatic rings. The molecule has 20 heavy (non-hydrogen) atoms. The lowest BCUT2D eigenvalue weighted by molar-refractivity contribution is 0.789. The molecule has 0 aliphatic heterocycles. The summed E-state index contributed by atoms with van der Waals surface area (Å²) in [6.45, 7) is 0.788. The Balaban J connectivity index is 1.76. The summed E-state index contributed by atoms with van der Waals surface area (Å²) in [7, 11) is 3.83. The number of rotatable bonds is 5. The number of nitrogens with one attached hydrogen (secondary N) is 2. The Morgan fingerprint density at radius 1 is 1.35 bits per heavy atom. The van der Waals surface area contributed by atoms with Gasteiger partial charge in [0.1, 0.15) is 16.5 Å². The van der Waals surface area contributed by atoms with Gasteiger partial charge in [-0.1, -0.05) is 0 Å². The van der Waals surface area contributed by atoms with Gasteiger partial charge in [0.15, 0.2) is 0 Å². The quantitative estimate of drug-likeness (QED) is 0.752. The van der Waals surface area contributed by atoms with Gasteiger partial charge < -0.3 is 15.2 Å². The predicted molar refractivity (Wildman–Crippen MR) is 82.4 cm³/mol. The Morgan fingerprint density at radius 2 is 2.25 bits per heavy atom. The van der Waals surface area contributed by atoms with E-state index < -0.39 is 0 Å². The molecule has 0 aliphatic carbocycles. The molecule has 0 unspecified atom stereocenters. The first-order valence-corrected chi connectivity index (χ1v) is 7.29. The van der Waals surface area contributed by atoms with E-state index in [1.54, 1.807) is 11.3 Å². The second kappa shape index (κ2) is 5.46. The number of thiophene rings is 1. The van der Waals surface area contributed by atoms with Gasteiger partial charge in [0.25, 0.3) is 0 Å². The number of nitrogens with zero attached hydrogens (tertiary/aromatic N) is 4. The molecule has 0 saturated heterocycles. The molecule has 6 nitrogen and oxygen atoms in total. The van der Waals surface area contributed by atoms with Crippen LogP contribution in [-0.4, -0.2) is 33.1 Å². The summed E-state index contributed by atoms with van der Waals surface area (Å²) in [6, 6.07) is 2.04. The van der Waals surface area contributed by atoms with Crippen LogP contribution in [0.2, 0.25) is 0 Å². The summed E-state index contributed by atoms with van der Waals surface area (Å²) in [5.41, 5.74) is 0. The molecule has 2 N–H and O–H groups in total. The molecule has 0 atom stereocenters. The summed E-state index contributed by atoms with van der Waals surface area (Å²) in [4.78, 5) is 14.2. The number of hydrogen-bond acceptors (Lipinski definition) is 6. The van der Waals surface area contributed by atoms with E-state index in [-0.39, 0.29) is 0 Å². The van der Waals surface area contributed by atoms with Crippen molar-refractivity contribution in [1.29, 1.82) is 0 Å². The zero-order valence-electron chi connectivity index (χ0n) is 11.4. The van der Waals surface area contributed by atoms with E-state index in [1.807, 2.05) is 42.5 Å². The van der Waals surface area contributed by atoms with Gasteiger partial charge in [-0.25, -0.2) is 9.97 Å². The first kappa shape index (κ1) is 12.9. The van der Waals surface area contributed by atoms with E-state index in [0.29, 0.717) is 5.95 Å². The maximum absolute atomic E-state index is 4.48. The lowest BCUT2D eigenvalue weighted by Crippen LogP contribution is -2.10. The highest BCUT2D eigenvalue weighted by atomic mass is 32.1. The van der Waals surface area contributed by atoms with Crippen LogP contribution in [-0.2, 0) is 13.5 Å². The zero-order chi connectivity index (χ0) is 13.9. The van der Waals surface area contributed by atoms with E-state index in [9.17, 15) is 0 Å². The highest BCUT2D eigenvalue weighted by Gasteiger charge is 2.08. The van der Waals surface area contributed by atoms with Crippen LogP contribution in [0.3, 0.4) is 0 Å². The van der Waals surface area contributed by atoms with E-state index in [2.05, 4.69) is 25.6 Å².